The van der Waals surface area contributed by atoms with Gasteiger partial charge in [-0.2, -0.15) is 4.57 Å². The van der Waals surface area contributed by atoms with Gasteiger partial charge in [0, 0.05) is 36.5 Å². The molecule has 0 spiro atoms. The van der Waals surface area contributed by atoms with E-state index in [0.717, 1.165) is 0 Å². The molecule has 2 aromatic rings. The molecule has 0 N–H and O–H groups in total. The van der Waals surface area contributed by atoms with Crippen molar-refractivity contribution in [1.82, 2.24) is 0 Å². The van der Waals surface area contributed by atoms with Gasteiger partial charge < -0.3 is 0 Å². The highest BCUT2D eigenvalue weighted by Gasteiger charge is 2.49. The lowest BCUT2D eigenvalue weighted by Crippen LogP contribution is -2.62. The van der Waals surface area contributed by atoms with Crippen LogP contribution in [0.15, 0.2) is 48.7 Å². The molecule has 1 nitrogen and oxygen atoms in total. The minimum Gasteiger partial charge on any atom is -0.192 e. The predicted molar refractivity (Wildman–Crippen MR) is 83.7 cm³/mol. The van der Waals surface area contributed by atoms with Crippen LogP contribution in [-0.2, 0) is 5.54 Å². The molecule has 0 fully saturated rings. The zero-order valence-electron chi connectivity index (χ0n) is 12.8. The molecule has 0 aliphatic carbocycles. The van der Waals surface area contributed by atoms with Gasteiger partial charge in [-0.25, -0.2) is 0 Å². The van der Waals surface area contributed by atoms with Crippen molar-refractivity contribution in [1.29, 1.82) is 0 Å². The normalized spacial score (nSPS) is 19.2. The average Bonchev–Trinajstić information content (AvgIpc) is 2.53. The summed E-state index contributed by atoms with van der Waals surface area (Å²) in [7, 11) is 0. The van der Waals surface area contributed by atoms with Crippen molar-refractivity contribution in [2.45, 2.75) is 51.5 Å². The van der Waals surface area contributed by atoms with E-state index >= 15 is 0 Å². The third-order valence-electron chi connectivity index (χ3n) is 5.23. The van der Waals surface area contributed by atoms with Crippen LogP contribution in [0.25, 0.3) is 11.3 Å². The van der Waals surface area contributed by atoms with E-state index in [0.29, 0.717) is 5.92 Å². The SMILES string of the molecule is CCC1c2ccccc2-c2cccc[n+]2C1(CC)CC. The van der Waals surface area contributed by atoms with E-state index in [9.17, 15) is 0 Å². The van der Waals surface area contributed by atoms with E-state index < -0.39 is 0 Å². The van der Waals surface area contributed by atoms with Gasteiger partial charge in [0.25, 0.3) is 0 Å². The lowest BCUT2D eigenvalue weighted by molar-refractivity contribution is -0.762. The molecule has 1 aliphatic heterocycles. The minimum absolute atomic E-state index is 0.222. The fourth-order valence-corrected chi connectivity index (χ4v) is 4.23. The number of pyridine rings is 1. The molecule has 3 rings (SSSR count). The summed E-state index contributed by atoms with van der Waals surface area (Å²) >= 11 is 0. The Balaban J connectivity index is 2.35. The van der Waals surface area contributed by atoms with Crippen molar-refractivity contribution in [3.8, 4) is 11.3 Å². The van der Waals surface area contributed by atoms with Gasteiger partial charge in [-0.1, -0.05) is 39.0 Å². The number of nitrogens with zero attached hydrogens (tertiary/aromatic N) is 1. The summed E-state index contributed by atoms with van der Waals surface area (Å²) < 4.78 is 2.55. The molecule has 0 amide bonds. The minimum atomic E-state index is 0.222. The first kappa shape index (κ1) is 13.4. The van der Waals surface area contributed by atoms with Gasteiger partial charge in [0.2, 0.25) is 5.69 Å². The number of hydrogen-bond acceptors (Lipinski definition) is 0. The Labute approximate surface area is 122 Å². The van der Waals surface area contributed by atoms with E-state index in [1.54, 1.807) is 0 Å². The summed E-state index contributed by atoms with van der Waals surface area (Å²) in [5.41, 5.74) is 4.54. The molecular weight excluding hydrogens is 242 g/mol. The van der Waals surface area contributed by atoms with Crippen LogP contribution in [0, 0.1) is 0 Å². The van der Waals surface area contributed by atoms with Gasteiger partial charge in [-0.05, 0) is 24.1 Å². The first-order valence-electron chi connectivity index (χ1n) is 7.89. The van der Waals surface area contributed by atoms with E-state index in [-0.39, 0.29) is 5.54 Å². The fraction of sp³-hybridized carbons (Fsp3) is 0.421. The molecule has 0 bridgehead atoms. The molecule has 1 atom stereocenters. The third-order valence-corrected chi connectivity index (χ3v) is 5.23. The van der Waals surface area contributed by atoms with Gasteiger partial charge in [0.1, 0.15) is 0 Å². The number of benzene rings is 1. The molecule has 0 saturated heterocycles. The lowest BCUT2D eigenvalue weighted by Gasteiger charge is -2.39. The Morgan fingerprint density at radius 1 is 0.950 bits per heavy atom. The number of hydrogen-bond donors (Lipinski definition) is 0. The predicted octanol–water partition coefficient (Wildman–Crippen LogP) is 4.66. The smallest absolute Gasteiger partial charge is 0.192 e. The Morgan fingerprint density at radius 2 is 1.65 bits per heavy atom. The molecular formula is C19H24N+. The highest BCUT2D eigenvalue weighted by atomic mass is 15.1. The molecule has 1 heteroatoms. The number of fused-ring (bicyclic) bond motifs is 3. The van der Waals surface area contributed by atoms with Gasteiger partial charge >= 0.3 is 0 Å². The first-order valence-corrected chi connectivity index (χ1v) is 7.89. The van der Waals surface area contributed by atoms with Crippen LogP contribution in [0.5, 0.6) is 0 Å². The summed E-state index contributed by atoms with van der Waals surface area (Å²) in [5.74, 6) is 0.605. The zero-order valence-corrected chi connectivity index (χ0v) is 12.8. The summed E-state index contributed by atoms with van der Waals surface area (Å²) in [6, 6.07) is 15.6. The summed E-state index contributed by atoms with van der Waals surface area (Å²) in [6.07, 6.45) is 5.83. The Kier molecular flexibility index (Phi) is 3.37. The summed E-state index contributed by atoms with van der Waals surface area (Å²) in [5, 5.41) is 0. The number of aromatic nitrogens is 1. The maximum absolute atomic E-state index is 2.55. The summed E-state index contributed by atoms with van der Waals surface area (Å²) in [6.45, 7) is 7.00. The molecule has 2 heterocycles. The van der Waals surface area contributed by atoms with Gasteiger partial charge in [-0.15, -0.1) is 0 Å². The average molecular weight is 266 g/mol. The van der Waals surface area contributed by atoms with Crippen LogP contribution in [0.2, 0.25) is 0 Å². The van der Waals surface area contributed by atoms with Gasteiger partial charge in [-0.3, -0.25) is 0 Å². The van der Waals surface area contributed by atoms with Crippen molar-refractivity contribution in [2.75, 3.05) is 0 Å². The van der Waals surface area contributed by atoms with Crippen LogP contribution < -0.4 is 4.57 Å². The standard InChI is InChI=1S/C19H24N/c1-4-17-15-11-7-8-12-16(15)18-13-9-10-14-20(18)19(17,5-2)6-3/h7-14,17H,4-6H2,1-3H3/q+1. The van der Waals surface area contributed by atoms with Crippen LogP contribution in [0.1, 0.15) is 51.5 Å². The lowest BCUT2D eigenvalue weighted by atomic mass is 9.69. The maximum Gasteiger partial charge on any atom is 0.213 e. The van der Waals surface area contributed by atoms with Crippen molar-refractivity contribution >= 4 is 0 Å². The third kappa shape index (κ3) is 1.65. The largest absolute Gasteiger partial charge is 0.213 e. The quantitative estimate of drug-likeness (QED) is 0.711. The molecule has 104 valence electrons. The number of rotatable bonds is 3. The monoisotopic (exact) mass is 266 g/mol. The Morgan fingerprint density at radius 3 is 2.35 bits per heavy atom. The molecule has 1 aromatic heterocycles. The fourth-order valence-electron chi connectivity index (χ4n) is 4.23. The molecule has 1 aliphatic rings. The van der Waals surface area contributed by atoms with Crippen molar-refractivity contribution in [3.05, 3.63) is 54.2 Å². The molecule has 0 saturated carbocycles. The van der Waals surface area contributed by atoms with Crippen molar-refractivity contribution < 1.29 is 4.57 Å². The van der Waals surface area contributed by atoms with E-state index in [1.165, 1.54) is 36.1 Å². The van der Waals surface area contributed by atoms with Crippen LogP contribution in [0.4, 0.5) is 0 Å². The molecule has 0 radical (unpaired) electrons. The topological polar surface area (TPSA) is 3.88 Å². The van der Waals surface area contributed by atoms with E-state index in [2.05, 4.69) is 74.0 Å². The van der Waals surface area contributed by atoms with Crippen LogP contribution >= 0.6 is 0 Å². The van der Waals surface area contributed by atoms with Crippen molar-refractivity contribution in [3.63, 3.8) is 0 Å². The Hall–Kier alpha value is -1.63. The Bertz CT molecular complexity index is 611. The van der Waals surface area contributed by atoms with Gasteiger partial charge in [0.15, 0.2) is 11.7 Å². The van der Waals surface area contributed by atoms with Crippen molar-refractivity contribution in [2.24, 2.45) is 0 Å². The van der Waals surface area contributed by atoms with Crippen LogP contribution in [0.3, 0.4) is 0 Å². The maximum atomic E-state index is 2.55. The second kappa shape index (κ2) is 5.05. The van der Waals surface area contributed by atoms with Gasteiger partial charge in [0.05, 0.1) is 0 Å². The second-order valence-corrected chi connectivity index (χ2v) is 5.81. The highest BCUT2D eigenvalue weighted by Crippen LogP contribution is 2.46. The van der Waals surface area contributed by atoms with E-state index in [1.807, 2.05) is 0 Å². The highest BCUT2D eigenvalue weighted by molar-refractivity contribution is 5.63. The second-order valence-electron chi connectivity index (χ2n) is 5.81. The molecule has 1 unspecified atom stereocenters. The van der Waals surface area contributed by atoms with Crippen LogP contribution in [-0.4, -0.2) is 0 Å². The molecule has 20 heavy (non-hydrogen) atoms. The van der Waals surface area contributed by atoms with E-state index in [4.69, 9.17) is 0 Å². The zero-order chi connectivity index (χ0) is 14.2. The summed E-state index contributed by atoms with van der Waals surface area (Å²) in [4.78, 5) is 0. The molecule has 1 aromatic carbocycles. The first-order chi connectivity index (χ1) is 9.78.